The Labute approximate surface area is 157 Å². The van der Waals surface area contributed by atoms with Crippen LogP contribution in [0.25, 0.3) is 10.9 Å². The number of carbonyl (C=O) groups is 1. The molecule has 27 heavy (non-hydrogen) atoms. The van der Waals surface area contributed by atoms with Gasteiger partial charge in [-0.2, -0.15) is 5.26 Å². The lowest BCUT2D eigenvalue weighted by molar-refractivity contribution is 0.208. The highest BCUT2D eigenvalue weighted by molar-refractivity contribution is 5.99. The second kappa shape index (κ2) is 7.34. The normalized spacial score (nSPS) is 14.0. The molecule has 2 heterocycles. The van der Waals surface area contributed by atoms with Crippen LogP contribution in [0.5, 0.6) is 0 Å². The van der Waals surface area contributed by atoms with E-state index in [1.807, 2.05) is 53.4 Å². The molecule has 0 aliphatic carbocycles. The van der Waals surface area contributed by atoms with Gasteiger partial charge >= 0.3 is 6.03 Å². The predicted octanol–water partition coefficient (Wildman–Crippen LogP) is 3.46. The van der Waals surface area contributed by atoms with Gasteiger partial charge in [-0.1, -0.05) is 24.3 Å². The molecular weight excluding hydrogens is 338 g/mol. The van der Waals surface area contributed by atoms with E-state index >= 15 is 0 Å². The Morgan fingerprint density at radius 3 is 2.63 bits per heavy atom. The second-order valence-electron chi connectivity index (χ2n) is 6.45. The Morgan fingerprint density at radius 2 is 1.81 bits per heavy atom. The van der Waals surface area contributed by atoms with E-state index in [-0.39, 0.29) is 6.03 Å². The first-order valence-corrected chi connectivity index (χ1v) is 8.89. The molecule has 0 bridgehead atoms. The van der Waals surface area contributed by atoms with Crippen molar-refractivity contribution >= 4 is 28.3 Å². The van der Waals surface area contributed by atoms with E-state index in [9.17, 15) is 4.79 Å². The lowest BCUT2D eigenvalue weighted by Gasteiger charge is -2.36. The zero-order chi connectivity index (χ0) is 18.6. The molecule has 6 nitrogen and oxygen atoms in total. The minimum absolute atomic E-state index is 0.112. The number of urea groups is 1. The van der Waals surface area contributed by atoms with Crippen molar-refractivity contribution in [2.45, 2.75) is 0 Å². The average molecular weight is 357 g/mol. The molecule has 1 aromatic heterocycles. The Hall–Kier alpha value is -3.59. The molecule has 1 saturated heterocycles. The van der Waals surface area contributed by atoms with Crippen molar-refractivity contribution in [2.75, 3.05) is 36.4 Å². The lowest BCUT2D eigenvalue weighted by Crippen LogP contribution is -2.50. The summed E-state index contributed by atoms with van der Waals surface area (Å²) in [6, 6.07) is 19.3. The fourth-order valence-corrected chi connectivity index (χ4v) is 3.34. The van der Waals surface area contributed by atoms with Crippen molar-refractivity contribution in [3.8, 4) is 6.07 Å². The van der Waals surface area contributed by atoms with Crippen molar-refractivity contribution in [1.82, 2.24) is 9.88 Å². The van der Waals surface area contributed by atoms with Crippen LogP contribution < -0.4 is 10.2 Å². The largest absolute Gasteiger partial charge is 0.368 e. The zero-order valence-corrected chi connectivity index (χ0v) is 14.8. The summed E-state index contributed by atoms with van der Waals surface area (Å²) in [5.74, 6) is 0. The molecule has 134 valence electrons. The molecule has 0 unspecified atom stereocenters. The standard InChI is InChI=1S/C21H19N5O/c22-15-16-4-1-7-18(14-16)25-10-12-26(13-11-25)21(27)24-19-8-2-5-17-6-3-9-23-20(17)19/h1-9,14H,10-13H2,(H,24,27). The summed E-state index contributed by atoms with van der Waals surface area (Å²) in [7, 11) is 0. The first kappa shape index (κ1) is 16.9. The number of fused-ring (bicyclic) bond motifs is 1. The molecular formula is C21H19N5O. The van der Waals surface area contributed by atoms with Gasteiger partial charge in [0.25, 0.3) is 0 Å². The summed E-state index contributed by atoms with van der Waals surface area (Å²) in [6.45, 7) is 2.72. The fourth-order valence-electron chi connectivity index (χ4n) is 3.34. The van der Waals surface area contributed by atoms with Crippen molar-refractivity contribution in [3.05, 3.63) is 66.4 Å². The summed E-state index contributed by atoms with van der Waals surface area (Å²) in [5.41, 5.74) is 3.19. The van der Waals surface area contributed by atoms with Crippen molar-refractivity contribution in [1.29, 1.82) is 5.26 Å². The van der Waals surface area contributed by atoms with Crippen LogP contribution in [-0.4, -0.2) is 42.1 Å². The van der Waals surface area contributed by atoms with Gasteiger partial charge in [-0.3, -0.25) is 4.98 Å². The zero-order valence-electron chi connectivity index (χ0n) is 14.8. The van der Waals surface area contributed by atoms with Crippen LogP contribution in [0.2, 0.25) is 0 Å². The minimum atomic E-state index is -0.112. The number of carbonyl (C=O) groups excluding carboxylic acids is 1. The quantitative estimate of drug-likeness (QED) is 0.762. The van der Waals surface area contributed by atoms with Gasteiger partial charge in [-0.15, -0.1) is 0 Å². The van der Waals surface area contributed by atoms with Gasteiger partial charge in [-0.25, -0.2) is 4.79 Å². The monoisotopic (exact) mass is 357 g/mol. The van der Waals surface area contributed by atoms with E-state index in [4.69, 9.17) is 5.26 Å². The maximum absolute atomic E-state index is 12.7. The van der Waals surface area contributed by atoms with Crippen LogP contribution in [-0.2, 0) is 0 Å². The smallest absolute Gasteiger partial charge is 0.322 e. The van der Waals surface area contributed by atoms with Gasteiger partial charge < -0.3 is 15.1 Å². The number of benzene rings is 2. The highest BCUT2D eigenvalue weighted by Gasteiger charge is 2.22. The van der Waals surface area contributed by atoms with E-state index < -0.39 is 0 Å². The van der Waals surface area contributed by atoms with E-state index in [2.05, 4.69) is 21.3 Å². The first-order valence-electron chi connectivity index (χ1n) is 8.89. The van der Waals surface area contributed by atoms with Crippen LogP contribution in [0.15, 0.2) is 60.8 Å². The number of anilines is 2. The Bertz CT molecular complexity index is 1010. The number of para-hydroxylation sites is 1. The molecule has 1 fully saturated rings. The second-order valence-corrected chi connectivity index (χ2v) is 6.45. The molecule has 2 amide bonds. The first-order chi connectivity index (χ1) is 13.2. The molecule has 0 atom stereocenters. The molecule has 1 aliphatic rings. The van der Waals surface area contributed by atoms with E-state index in [0.29, 0.717) is 18.7 Å². The third-order valence-corrected chi connectivity index (χ3v) is 4.78. The van der Waals surface area contributed by atoms with Crippen LogP contribution in [0.1, 0.15) is 5.56 Å². The van der Waals surface area contributed by atoms with Gasteiger partial charge in [-0.05, 0) is 30.3 Å². The number of amides is 2. The molecule has 2 aromatic carbocycles. The van der Waals surface area contributed by atoms with Crippen LogP contribution in [0.3, 0.4) is 0 Å². The number of piperazine rings is 1. The van der Waals surface area contributed by atoms with Crippen molar-refractivity contribution in [2.24, 2.45) is 0 Å². The molecule has 4 rings (SSSR count). The molecule has 0 radical (unpaired) electrons. The third-order valence-electron chi connectivity index (χ3n) is 4.78. The highest BCUT2D eigenvalue weighted by Crippen LogP contribution is 2.22. The van der Waals surface area contributed by atoms with Crippen LogP contribution in [0, 0.1) is 11.3 Å². The molecule has 6 heteroatoms. The number of nitriles is 1. The number of hydrogen-bond acceptors (Lipinski definition) is 4. The lowest BCUT2D eigenvalue weighted by atomic mass is 10.2. The van der Waals surface area contributed by atoms with Gasteiger partial charge in [0.2, 0.25) is 0 Å². The fraction of sp³-hybridized carbons (Fsp3) is 0.190. The topological polar surface area (TPSA) is 72.3 Å². The Morgan fingerprint density at radius 1 is 1.04 bits per heavy atom. The van der Waals surface area contributed by atoms with Gasteiger partial charge in [0.05, 0.1) is 22.8 Å². The van der Waals surface area contributed by atoms with E-state index in [0.717, 1.165) is 35.4 Å². The summed E-state index contributed by atoms with van der Waals surface area (Å²) < 4.78 is 0. The number of pyridine rings is 1. The highest BCUT2D eigenvalue weighted by atomic mass is 16.2. The number of aromatic nitrogens is 1. The molecule has 1 N–H and O–H groups in total. The van der Waals surface area contributed by atoms with Gasteiger partial charge in [0.1, 0.15) is 0 Å². The SMILES string of the molecule is N#Cc1cccc(N2CCN(C(=O)Nc3cccc4cccnc34)CC2)c1. The van der Waals surface area contributed by atoms with Gasteiger partial charge in [0, 0.05) is 43.4 Å². The average Bonchev–Trinajstić information content (AvgIpc) is 2.74. The third kappa shape index (κ3) is 3.53. The number of nitrogens with one attached hydrogen (secondary N) is 1. The maximum atomic E-state index is 12.7. The summed E-state index contributed by atoms with van der Waals surface area (Å²) in [5, 5.41) is 13.0. The predicted molar refractivity (Wildman–Crippen MR) is 106 cm³/mol. The maximum Gasteiger partial charge on any atom is 0.322 e. The van der Waals surface area contributed by atoms with Crippen LogP contribution >= 0.6 is 0 Å². The molecule has 0 spiro atoms. The summed E-state index contributed by atoms with van der Waals surface area (Å²) in [4.78, 5) is 21.1. The van der Waals surface area contributed by atoms with E-state index in [1.165, 1.54) is 0 Å². The molecule has 1 aliphatic heterocycles. The van der Waals surface area contributed by atoms with Crippen LogP contribution in [0.4, 0.5) is 16.2 Å². The van der Waals surface area contributed by atoms with E-state index in [1.54, 1.807) is 12.3 Å². The minimum Gasteiger partial charge on any atom is -0.368 e. The molecule has 0 saturated carbocycles. The number of nitrogens with zero attached hydrogens (tertiary/aromatic N) is 4. The Kier molecular flexibility index (Phi) is 4.58. The summed E-state index contributed by atoms with van der Waals surface area (Å²) in [6.07, 6.45) is 1.73. The number of hydrogen-bond donors (Lipinski definition) is 1. The van der Waals surface area contributed by atoms with Crippen molar-refractivity contribution in [3.63, 3.8) is 0 Å². The van der Waals surface area contributed by atoms with Crippen molar-refractivity contribution < 1.29 is 4.79 Å². The molecule has 3 aromatic rings. The summed E-state index contributed by atoms with van der Waals surface area (Å²) >= 11 is 0. The Balaban J connectivity index is 1.42. The number of rotatable bonds is 2. The van der Waals surface area contributed by atoms with Gasteiger partial charge in [0.15, 0.2) is 0 Å².